The molecule has 0 fully saturated rings. The maximum absolute atomic E-state index is 12.0. The van der Waals surface area contributed by atoms with Gasteiger partial charge in [-0.3, -0.25) is 4.79 Å². The maximum Gasteiger partial charge on any atom is 0.251 e. The van der Waals surface area contributed by atoms with Gasteiger partial charge >= 0.3 is 0 Å². The smallest absolute Gasteiger partial charge is 0.251 e. The van der Waals surface area contributed by atoms with Gasteiger partial charge in [-0.2, -0.15) is 0 Å². The van der Waals surface area contributed by atoms with Crippen molar-refractivity contribution < 1.29 is 9.53 Å². The largest absolute Gasteiger partial charge is 0.494 e. The first kappa shape index (κ1) is 14.4. The Morgan fingerprint density at radius 3 is 2.72 bits per heavy atom. The van der Waals surface area contributed by atoms with Gasteiger partial charge in [-0.1, -0.05) is 20.3 Å². The lowest BCUT2D eigenvalue weighted by Crippen LogP contribution is -2.28. The molecule has 1 aromatic rings. The zero-order chi connectivity index (χ0) is 13.5. The van der Waals surface area contributed by atoms with Gasteiger partial charge in [0.05, 0.1) is 6.61 Å². The molecule has 0 aliphatic carbocycles. The SMILES string of the molecule is CCOc1cc(N)cc(C(=O)NCC(C)CC)c1. The molecule has 0 bridgehead atoms. The minimum atomic E-state index is -0.108. The third-order valence-electron chi connectivity index (χ3n) is 2.81. The van der Waals surface area contributed by atoms with E-state index >= 15 is 0 Å². The van der Waals surface area contributed by atoms with Crippen LogP contribution >= 0.6 is 0 Å². The first-order chi connectivity index (χ1) is 8.56. The summed E-state index contributed by atoms with van der Waals surface area (Å²) in [5.41, 5.74) is 6.83. The Morgan fingerprint density at radius 2 is 2.11 bits per heavy atom. The van der Waals surface area contributed by atoms with E-state index in [9.17, 15) is 4.79 Å². The third-order valence-corrected chi connectivity index (χ3v) is 2.81. The summed E-state index contributed by atoms with van der Waals surface area (Å²) in [6.45, 7) is 7.33. The quantitative estimate of drug-likeness (QED) is 0.762. The number of carbonyl (C=O) groups is 1. The van der Waals surface area contributed by atoms with Crippen LogP contribution in [0.1, 0.15) is 37.6 Å². The van der Waals surface area contributed by atoms with E-state index in [1.54, 1.807) is 18.2 Å². The minimum absolute atomic E-state index is 0.108. The van der Waals surface area contributed by atoms with Crippen LogP contribution in [0.4, 0.5) is 5.69 Å². The van der Waals surface area contributed by atoms with Gasteiger partial charge in [-0.15, -0.1) is 0 Å². The summed E-state index contributed by atoms with van der Waals surface area (Å²) >= 11 is 0. The van der Waals surface area contributed by atoms with Gasteiger partial charge < -0.3 is 15.8 Å². The topological polar surface area (TPSA) is 64.3 Å². The summed E-state index contributed by atoms with van der Waals surface area (Å²) < 4.78 is 5.36. The van der Waals surface area contributed by atoms with E-state index in [1.165, 1.54) is 0 Å². The van der Waals surface area contributed by atoms with Gasteiger partial charge in [-0.25, -0.2) is 0 Å². The second kappa shape index (κ2) is 6.89. The van der Waals surface area contributed by atoms with Crippen LogP contribution in [0.3, 0.4) is 0 Å². The van der Waals surface area contributed by atoms with Gasteiger partial charge in [-0.05, 0) is 25.0 Å². The number of hydrogen-bond acceptors (Lipinski definition) is 3. The zero-order valence-electron chi connectivity index (χ0n) is 11.3. The van der Waals surface area contributed by atoms with Crippen LogP contribution in [-0.4, -0.2) is 19.1 Å². The number of anilines is 1. The monoisotopic (exact) mass is 250 g/mol. The average molecular weight is 250 g/mol. The molecule has 100 valence electrons. The van der Waals surface area contributed by atoms with Gasteiger partial charge in [0.15, 0.2) is 0 Å². The third kappa shape index (κ3) is 4.28. The van der Waals surface area contributed by atoms with Crippen LogP contribution in [0.5, 0.6) is 5.75 Å². The highest BCUT2D eigenvalue weighted by atomic mass is 16.5. The molecule has 1 rings (SSSR count). The lowest BCUT2D eigenvalue weighted by atomic mass is 10.1. The van der Waals surface area contributed by atoms with E-state index in [1.807, 2.05) is 6.92 Å². The number of nitrogens with one attached hydrogen (secondary N) is 1. The molecule has 1 aromatic carbocycles. The van der Waals surface area contributed by atoms with Crippen LogP contribution < -0.4 is 15.8 Å². The van der Waals surface area contributed by atoms with Crippen LogP contribution in [0.25, 0.3) is 0 Å². The van der Waals surface area contributed by atoms with Crippen LogP contribution in [0.15, 0.2) is 18.2 Å². The summed E-state index contributed by atoms with van der Waals surface area (Å²) in [6.07, 6.45) is 1.04. The number of carbonyl (C=O) groups excluding carboxylic acids is 1. The molecule has 0 radical (unpaired) electrons. The van der Waals surface area contributed by atoms with Crippen LogP contribution in [-0.2, 0) is 0 Å². The fourth-order valence-corrected chi connectivity index (χ4v) is 1.52. The summed E-state index contributed by atoms with van der Waals surface area (Å²) in [4.78, 5) is 12.0. The molecular weight excluding hydrogens is 228 g/mol. The molecule has 0 aromatic heterocycles. The zero-order valence-corrected chi connectivity index (χ0v) is 11.3. The predicted octanol–water partition coefficient (Wildman–Crippen LogP) is 2.44. The molecule has 1 atom stereocenters. The molecule has 0 spiro atoms. The molecule has 0 aliphatic rings. The van der Waals surface area contributed by atoms with Gasteiger partial charge in [0.1, 0.15) is 5.75 Å². The van der Waals surface area contributed by atoms with E-state index in [-0.39, 0.29) is 5.91 Å². The van der Waals surface area contributed by atoms with E-state index in [4.69, 9.17) is 10.5 Å². The minimum Gasteiger partial charge on any atom is -0.494 e. The lowest BCUT2D eigenvalue weighted by molar-refractivity contribution is 0.0947. The number of rotatable bonds is 6. The molecule has 0 saturated carbocycles. The Bertz CT molecular complexity index is 405. The van der Waals surface area contributed by atoms with Crippen molar-refractivity contribution in [2.75, 3.05) is 18.9 Å². The number of hydrogen-bond donors (Lipinski definition) is 2. The first-order valence-corrected chi connectivity index (χ1v) is 6.38. The number of nitrogens with two attached hydrogens (primary N) is 1. The average Bonchev–Trinajstić information content (AvgIpc) is 2.35. The Labute approximate surface area is 109 Å². The van der Waals surface area contributed by atoms with Crippen molar-refractivity contribution in [1.82, 2.24) is 5.32 Å². The Morgan fingerprint density at radius 1 is 1.39 bits per heavy atom. The summed E-state index contributed by atoms with van der Waals surface area (Å²) in [5, 5.41) is 2.90. The van der Waals surface area contributed by atoms with E-state index < -0.39 is 0 Å². The molecule has 4 heteroatoms. The highest BCUT2D eigenvalue weighted by Gasteiger charge is 2.09. The Balaban J connectivity index is 2.72. The van der Waals surface area contributed by atoms with Crippen molar-refractivity contribution in [3.8, 4) is 5.75 Å². The van der Waals surface area contributed by atoms with Crippen molar-refractivity contribution in [3.05, 3.63) is 23.8 Å². The normalized spacial score (nSPS) is 11.9. The molecular formula is C14H22N2O2. The van der Waals surface area contributed by atoms with Gasteiger partial charge in [0, 0.05) is 23.9 Å². The summed E-state index contributed by atoms with van der Waals surface area (Å²) in [7, 11) is 0. The summed E-state index contributed by atoms with van der Waals surface area (Å²) in [5.74, 6) is 0.996. The number of nitrogen functional groups attached to an aromatic ring is 1. The van der Waals surface area contributed by atoms with Crippen LogP contribution in [0, 0.1) is 5.92 Å². The fourth-order valence-electron chi connectivity index (χ4n) is 1.52. The van der Waals surface area contributed by atoms with E-state index in [0.717, 1.165) is 6.42 Å². The highest BCUT2D eigenvalue weighted by Crippen LogP contribution is 2.19. The van der Waals surface area contributed by atoms with Crippen molar-refractivity contribution in [2.24, 2.45) is 5.92 Å². The van der Waals surface area contributed by atoms with Crippen molar-refractivity contribution in [1.29, 1.82) is 0 Å². The molecule has 18 heavy (non-hydrogen) atoms. The van der Waals surface area contributed by atoms with E-state index in [0.29, 0.717) is 36.1 Å². The Hall–Kier alpha value is -1.71. The van der Waals surface area contributed by atoms with Gasteiger partial charge in [0.25, 0.3) is 5.91 Å². The Kier molecular flexibility index (Phi) is 5.49. The molecule has 0 aliphatic heterocycles. The van der Waals surface area contributed by atoms with Crippen molar-refractivity contribution in [3.63, 3.8) is 0 Å². The second-order valence-corrected chi connectivity index (χ2v) is 4.45. The maximum atomic E-state index is 12.0. The molecule has 1 unspecified atom stereocenters. The lowest BCUT2D eigenvalue weighted by Gasteiger charge is -2.11. The molecule has 0 saturated heterocycles. The van der Waals surface area contributed by atoms with E-state index in [2.05, 4.69) is 19.2 Å². The molecule has 0 heterocycles. The second-order valence-electron chi connectivity index (χ2n) is 4.45. The molecule has 3 N–H and O–H groups in total. The number of ether oxygens (including phenoxy) is 1. The number of amides is 1. The summed E-state index contributed by atoms with van der Waals surface area (Å²) in [6, 6.07) is 5.09. The molecule has 4 nitrogen and oxygen atoms in total. The fraction of sp³-hybridized carbons (Fsp3) is 0.500. The van der Waals surface area contributed by atoms with Crippen molar-refractivity contribution >= 4 is 11.6 Å². The standard InChI is InChI=1S/C14H22N2O2/c1-4-10(3)9-16-14(17)11-6-12(15)8-13(7-11)18-5-2/h6-8,10H,4-5,9,15H2,1-3H3,(H,16,17). The highest BCUT2D eigenvalue weighted by molar-refractivity contribution is 5.95. The van der Waals surface area contributed by atoms with Gasteiger partial charge in [0.2, 0.25) is 0 Å². The van der Waals surface area contributed by atoms with Crippen molar-refractivity contribution in [2.45, 2.75) is 27.2 Å². The molecule has 1 amide bonds. The van der Waals surface area contributed by atoms with Crippen LogP contribution in [0.2, 0.25) is 0 Å². The predicted molar refractivity (Wildman–Crippen MR) is 73.8 cm³/mol. The number of benzene rings is 1. The first-order valence-electron chi connectivity index (χ1n) is 6.38.